The minimum Gasteiger partial charge on any atom is -0.396 e. The zero-order valence-corrected chi connectivity index (χ0v) is 10.1. The molecule has 0 aliphatic heterocycles. The second-order valence-corrected chi connectivity index (χ2v) is 4.73. The standard InChI is InChI=1S/C12H25NO3/c14-7-9-16-8-6-13-10-12(11-15)4-2-1-3-5-12/h13-15H,1-11H2. The van der Waals surface area contributed by atoms with Gasteiger partial charge in [-0.3, -0.25) is 0 Å². The van der Waals surface area contributed by atoms with E-state index in [0.717, 1.165) is 25.9 Å². The Morgan fingerprint density at radius 1 is 1.06 bits per heavy atom. The van der Waals surface area contributed by atoms with Gasteiger partial charge < -0.3 is 20.3 Å². The highest BCUT2D eigenvalue weighted by Gasteiger charge is 2.30. The van der Waals surface area contributed by atoms with Crippen molar-refractivity contribution in [1.82, 2.24) is 5.32 Å². The molecule has 16 heavy (non-hydrogen) atoms. The van der Waals surface area contributed by atoms with Crippen LogP contribution < -0.4 is 5.32 Å². The van der Waals surface area contributed by atoms with Crippen LogP contribution in [-0.4, -0.2) is 49.7 Å². The van der Waals surface area contributed by atoms with Crippen molar-refractivity contribution < 1.29 is 14.9 Å². The maximum absolute atomic E-state index is 9.48. The van der Waals surface area contributed by atoms with Gasteiger partial charge in [-0.1, -0.05) is 19.3 Å². The van der Waals surface area contributed by atoms with Gasteiger partial charge in [0.2, 0.25) is 0 Å². The maximum Gasteiger partial charge on any atom is 0.0698 e. The predicted octanol–water partition coefficient (Wildman–Crippen LogP) is 0.528. The van der Waals surface area contributed by atoms with Gasteiger partial charge in [0.15, 0.2) is 0 Å². The molecule has 1 aliphatic carbocycles. The van der Waals surface area contributed by atoms with Gasteiger partial charge in [-0.2, -0.15) is 0 Å². The van der Waals surface area contributed by atoms with E-state index >= 15 is 0 Å². The second-order valence-electron chi connectivity index (χ2n) is 4.73. The van der Waals surface area contributed by atoms with E-state index in [-0.39, 0.29) is 18.6 Å². The molecule has 0 atom stereocenters. The lowest BCUT2D eigenvalue weighted by Gasteiger charge is -2.35. The summed E-state index contributed by atoms with van der Waals surface area (Å²) in [6.07, 6.45) is 6.05. The van der Waals surface area contributed by atoms with Gasteiger partial charge in [0.25, 0.3) is 0 Å². The Labute approximate surface area is 98.0 Å². The fraction of sp³-hybridized carbons (Fsp3) is 1.00. The van der Waals surface area contributed by atoms with Crippen molar-refractivity contribution in [2.45, 2.75) is 32.1 Å². The van der Waals surface area contributed by atoms with Gasteiger partial charge in [0, 0.05) is 25.1 Å². The molecule has 3 N–H and O–H groups in total. The third kappa shape index (κ3) is 4.78. The highest BCUT2D eigenvalue weighted by molar-refractivity contribution is 4.84. The van der Waals surface area contributed by atoms with E-state index in [2.05, 4.69) is 5.32 Å². The Kier molecular flexibility index (Phi) is 6.96. The molecule has 0 aromatic rings. The van der Waals surface area contributed by atoms with E-state index < -0.39 is 0 Å². The number of hydrogen-bond donors (Lipinski definition) is 3. The Morgan fingerprint density at radius 3 is 2.44 bits per heavy atom. The summed E-state index contributed by atoms with van der Waals surface area (Å²) >= 11 is 0. The molecule has 1 saturated carbocycles. The summed E-state index contributed by atoms with van der Waals surface area (Å²) in [6.45, 7) is 3.08. The highest BCUT2D eigenvalue weighted by atomic mass is 16.5. The van der Waals surface area contributed by atoms with E-state index in [0.29, 0.717) is 13.2 Å². The number of aliphatic hydroxyl groups is 2. The lowest BCUT2D eigenvalue weighted by molar-refractivity contribution is 0.0705. The zero-order valence-electron chi connectivity index (χ0n) is 10.1. The van der Waals surface area contributed by atoms with Crippen LogP contribution in [0.15, 0.2) is 0 Å². The molecule has 0 saturated heterocycles. The Balaban J connectivity index is 2.08. The average Bonchev–Trinajstić information content (AvgIpc) is 2.35. The van der Waals surface area contributed by atoms with Crippen molar-refractivity contribution >= 4 is 0 Å². The molecule has 96 valence electrons. The Bertz CT molecular complexity index is 170. The fourth-order valence-electron chi connectivity index (χ4n) is 2.36. The zero-order chi connectivity index (χ0) is 11.7. The molecule has 4 heteroatoms. The first kappa shape index (κ1) is 13.9. The molecule has 4 nitrogen and oxygen atoms in total. The topological polar surface area (TPSA) is 61.7 Å². The minimum atomic E-state index is 0.0839. The van der Waals surface area contributed by atoms with Crippen LogP contribution in [0.3, 0.4) is 0 Å². The molecule has 1 fully saturated rings. The van der Waals surface area contributed by atoms with Crippen LogP contribution in [0.25, 0.3) is 0 Å². The van der Waals surface area contributed by atoms with Crippen LogP contribution in [-0.2, 0) is 4.74 Å². The number of nitrogens with one attached hydrogen (secondary N) is 1. The van der Waals surface area contributed by atoms with Crippen molar-refractivity contribution in [2.24, 2.45) is 5.41 Å². The van der Waals surface area contributed by atoms with Crippen molar-refractivity contribution in [1.29, 1.82) is 0 Å². The molecular formula is C12H25NO3. The highest BCUT2D eigenvalue weighted by Crippen LogP contribution is 2.34. The number of hydrogen-bond acceptors (Lipinski definition) is 4. The number of ether oxygens (including phenoxy) is 1. The summed E-state index contributed by atoms with van der Waals surface area (Å²) in [5.74, 6) is 0. The summed E-state index contributed by atoms with van der Waals surface area (Å²) < 4.78 is 5.16. The largest absolute Gasteiger partial charge is 0.396 e. The number of aliphatic hydroxyl groups excluding tert-OH is 2. The van der Waals surface area contributed by atoms with Crippen LogP contribution >= 0.6 is 0 Å². The SMILES string of the molecule is OCCOCCNCC1(CO)CCCCC1. The molecule has 0 heterocycles. The van der Waals surface area contributed by atoms with Gasteiger partial charge in [-0.25, -0.2) is 0 Å². The first-order valence-corrected chi connectivity index (χ1v) is 6.33. The minimum absolute atomic E-state index is 0.0839. The molecule has 0 aromatic heterocycles. The first-order valence-electron chi connectivity index (χ1n) is 6.33. The quantitative estimate of drug-likeness (QED) is 0.533. The number of rotatable bonds is 8. The summed E-state index contributed by atoms with van der Waals surface area (Å²) in [5, 5.41) is 21.3. The van der Waals surface area contributed by atoms with Crippen LogP contribution in [0.1, 0.15) is 32.1 Å². The maximum atomic E-state index is 9.48. The summed E-state index contributed by atoms with van der Waals surface area (Å²) in [4.78, 5) is 0. The van der Waals surface area contributed by atoms with Gasteiger partial charge in [-0.15, -0.1) is 0 Å². The predicted molar refractivity (Wildman–Crippen MR) is 63.4 cm³/mol. The van der Waals surface area contributed by atoms with E-state index in [1.165, 1.54) is 19.3 Å². The molecule has 0 unspecified atom stereocenters. The lowest BCUT2D eigenvalue weighted by atomic mass is 9.74. The third-order valence-electron chi connectivity index (χ3n) is 3.41. The molecule has 0 aromatic carbocycles. The summed E-state index contributed by atoms with van der Waals surface area (Å²) in [5.41, 5.74) is 0.106. The molecular weight excluding hydrogens is 206 g/mol. The fourth-order valence-corrected chi connectivity index (χ4v) is 2.36. The van der Waals surface area contributed by atoms with Crippen LogP contribution in [0.5, 0.6) is 0 Å². The average molecular weight is 231 g/mol. The second kappa shape index (κ2) is 8.01. The van der Waals surface area contributed by atoms with Crippen molar-refractivity contribution in [3.8, 4) is 0 Å². The van der Waals surface area contributed by atoms with E-state index in [4.69, 9.17) is 9.84 Å². The van der Waals surface area contributed by atoms with Gasteiger partial charge >= 0.3 is 0 Å². The van der Waals surface area contributed by atoms with Crippen molar-refractivity contribution in [2.75, 3.05) is 39.5 Å². The monoisotopic (exact) mass is 231 g/mol. The molecule has 0 spiro atoms. The van der Waals surface area contributed by atoms with E-state index in [9.17, 15) is 5.11 Å². The van der Waals surface area contributed by atoms with Gasteiger partial charge in [0.1, 0.15) is 0 Å². The lowest BCUT2D eigenvalue weighted by Crippen LogP contribution is -2.40. The van der Waals surface area contributed by atoms with Gasteiger partial charge in [0.05, 0.1) is 19.8 Å². The summed E-state index contributed by atoms with van der Waals surface area (Å²) in [7, 11) is 0. The van der Waals surface area contributed by atoms with Crippen molar-refractivity contribution in [3.63, 3.8) is 0 Å². The summed E-state index contributed by atoms with van der Waals surface area (Å²) in [6, 6.07) is 0. The molecule has 1 aliphatic rings. The molecule has 0 radical (unpaired) electrons. The molecule has 0 bridgehead atoms. The van der Waals surface area contributed by atoms with E-state index in [1.54, 1.807) is 0 Å². The third-order valence-corrected chi connectivity index (χ3v) is 3.41. The smallest absolute Gasteiger partial charge is 0.0698 e. The van der Waals surface area contributed by atoms with Crippen LogP contribution in [0.2, 0.25) is 0 Å². The van der Waals surface area contributed by atoms with Crippen LogP contribution in [0.4, 0.5) is 0 Å². The van der Waals surface area contributed by atoms with Gasteiger partial charge in [-0.05, 0) is 12.8 Å². The Hall–Kier alpha value is -0.160. The normalized spacial score (nSPS) is 19.9. The Morgan fingerprint density at radius 2 is 1.81 bits per heavy atom. The molecule has 1 rings (SSSR count). The van der Waals surface area contributed by atoms with Crippen molar-refractivity contribution in [3.05, 3.63) is 0 Å². The van der Waals surface area contributed by atoms with E-state index in [1.807, 2.05) is 0 Å². The first-order chi connectivity index (χ1) is 7.83. The van der Waals surface area contributed by atoms with Crippen LogP contribution in [0, 0.1) is 5.41 Å². The molecule has 0 amide bonds.